The maximum Gasteiger partial charge on any atom is 0.253 e. The van der Waals surface area contributed by atoms with E-state index >= 15 is 0 Å². The number of fused-ring (bicyclic) bond motifs is 1. The molecule has 5 rings (SSSR count). The summed E-state index contributed by atoms with van der Waals surface area (Å²) < 4.78 is 12.6. The van der Waals surface area contributed by atoms with Crippen LogP contribution in [0.3, 0.4) is 0 Å². The molecule has 0 aliphatic carbocycles. The summed E-state index contributed by atoms with van der Waals surface area (Å²) in [7, 11) is 0. The van der Waals surface area contributed by atoms with Gasteiger partial charge in [0.1, 0.15) is 17.4 Å². The zero-order chi connectivity index (χ0) is 32.5. The number of hydrogen-bond donors (Lipinski definition) is 1. The minimum Gasteiger partial charge on any atom is -0.494 e. The number of benzene rings is 2. The summed E-state index contributed by atoms with van der Waals surface area (Å²) in [5, 5.41) is 10.1. The largest absolute Gasteiger partial charge is 0.494 e. The predicted octanol–water partition coefficient (Wildman–Crippen LogP) is 4.59. The van der Waals surface area contributed by atoms with Crippen LogP contribution in [0.25, 0.3) is 0 Å². The quantitative estimate of drug-likeness (QED) is 0.331. The average Bonchev–Trinajstić information content (AvgIpc) is 3.63. The van der Waals surface area contributed by atoms with E-state index in [9.17, 15) is 19.5 Å². The molecule has 2 aromatic rings. The zero-order valence-electron chi connectivity index (χ0n) is 26.8. The van der Waals surface area contributed by atoms with Crippen molar-refractivity contribution >= 4 is 29.1 Å². The fourth-order valence-electron chi connectivity index (χ4n) is 8.03. The summed E-state index contributed by atoms with van der Waals surface area (Å²) in [5.41, 5.74) is 1.13. The fraction of sp³-hybridized carbons (Fsp3) is 0.472. The number of nitrogens with zero attached hydrogens (tertiary/aromatic N) is 3. The van der Waals surface area contributed by atoms with Crippen LogP contribution >= 0.6 is 0 Å². The van der Waals surface area contributed by atoms with Gasteiger partial charge in [0, 0.05) is 31.0 Å². The fourth-order valence-corrected chi connectivity index (χ4v) is 8.03. The van der Waals surface area contributed by atoms with Crippen molar-refractivity contribution in [2.75, 3.05) is 42.6 Å². The summed E-state index contributed by atoms with van der Waals surface area (Å²) in [6.45, 7) is 16.2. The Morgan fingerprint density at radius 2 is 1.67 bits per heavy atom. The zero-order valence-corrected chi connectivity index (χ0v) is 26.8. The highest BCUT2D eigenvalue weighted by Crippen LogP contribution is 2.64. The molecule has 3 amide bonds. The highest BCUT2D eigenvalue weighted by atomic mass is 16.5. The van der Waals surface area contributed by atoms with Crippen LogP contribution in [0.15, 0.2) is 67.8 Å². The molecule has 2 unspecified atom stereocenters. The molecule has 3 aliphatic rings. The average molecular weight is 616 g/mol. The molecule has 3 aliphatic heterocycles. The Balaban J connectivity index is 1.60. The second kappa shape index (κ2) is 12.8. The third kappa shape index (κ3) is 5.16. The second-order valence-electron chi connectivity index (χ2n) is 12.2. The summed E-state index contributed by atoms with van der Waals surface area (Å²) >= 11 is 0. The monoisotopic (exact) mass is 615 g/mol. The second-order valence-corrected chi connectivity index (χ2v) is 12.2. The first-order chi connectivity index (χ1) is 21.6. The number of β-amino-alcohol motifs (C(OH)–C–C–N with tert-alkyl or cyclic N) is 1. The first kappa shape index (κ1) is 32.4. The van der Waals surface area contributed by atoms with E-state index in [4.69, 9.17) is 9.47 Å². The van der Waals surface area contributed by atoms with Crippen LogP contribution in [0, 0.1) is 25.7 Å². The van der Waals surface area contributed by atoms with E-state index in [1.165, 1.54) is 4.90 Å². The summed E-state index contributed by atoms with van der Waals surface area (Å²) in [4.78, 5) is 48.8. The maximum absolute atomic E-state index is 14.8. The highest BCUT2D eigenvalue weighted by Gasteiger charge is 2.79. The minimum absolute atomic E-state index is 0.0408. The molecular formula is C36H45N3O6. The molecular weight excluding hydrogens is 570 g/mol. The Hall–Kier alpha value is -3.95. The maximum atomic E-state index is 14.8. The van der Waals surface area contributed by atoms with Crippen LogP contribution in [0.1, 0.15) is 44.2 Å². The Morgan fingerprint density at radius 1 is 1.02 bits per heavy atom. The molecule has 240 valence electrons. The van der Waals surface area contributed by atoms with Gasteiger partial charge in [-0.1, -0.05) is 37.3 Å². The van der Waals surface area contributed by atoms with E-state index < -0.39 is 29.1 Å². The lowest BCUT2D eigenvalue weighted by Crippen LogP contribution is -2.57. The number of hydrogen-bond acceptors (Lipinski definition) is 6. The molecule has 3 saturated heterocycles. The van der Waals surface area contributed by atoms with Gasteiger partial charge in [-0.05, 0) is 75.4 Å². The van der Waals surface area contributed by atoms with Gasteiger partial charge in [-0.25, -0.2) is 0 Å². The van der Waals surface area contributed by atoms with Crippen molar-refractivity contribution in [1.29, 1.82) is 0 Å². The van der Waals surface area contributed by atoms with Crippen LogP contribution in [-0.2, 0) is 19.1 Å². The number of aliphatic hydroxyl groups excluding tert-OH is 1. The molecule has 2 aromatic carbocycles. The van der Waals surface area contributed by atoms with Crippen molar-refractivity contribution in [3.63, 3.8) is 0 Å². The lowest BCUT2D eigenvalue weighted by molar-refractivity contribution is -0.146. The molecule has 9 heteroatoms. The van der Waals surface area contributed by atoms with Crippen LogP contribution < -0.4 is 14.5 Å². The molecule has 1 N–H and O–H groups in total. The van der Waals surface area contributed by atoms with Crippen LogP contribution in [0.2, 0.25) is 0 Å². The van der Waals surface area contributed by atoms with Crippen molar-refractivity contribution in [2.45, 2.75) is 64.2 Å². The first-order valence-corrected chi connectivity index (χ1v) is 15.9. The standard InChI is InChI=1S/C36H45N3O6/c1-7-20-37(26-14-16-27(17-15-26)44-10-4)32(41)28-29-33(42)39(22-23-40)31(36(29)19-18-35(28,9-3)45-36)34(43)38(21-8-2)30-24(5)12-11-13-25(30)6/h7-8,11-17,28-29,31,40H,1-2,9-10,18-23H2,3-6H3/t28-,29-,31?,35+,36?/m0/s1. The third-order valence-corrected chi connectivity index (χ3v) is 9.85. The topological polar surface area (TPSA) is 99.6 Å². The molecule has 9 nitrogen and oxygen atoms in total. The molecule has 5 atom stereocenters. The van der Waals surface area contributed by atoms with E-state index in [2.05, 4.69) is 13.2 Å². The van der Waals surface area contributed by atoms with E-state index in [1.807, 2.05) is 70.2 Å². The van der Waals surface area contributed by atoms with Gasteiger partial charge in [0.25, 0.3) is 5.91 Å². The molecule has 1 spiro atoms. The lowest BCUT2D eigenvalue weighted by Gasteiger charge is -2.37. The van der Waals surface area contributed by atoms with Gasteiger partial charge >= 0.3 is 0 Å². The van der Waals surface area contributed by atoms with Crippen LogP contribution in [0.5, 0.6) is 5.75 Å². The Labute approximate surface area is 266 Å². The number of carbonyl (C=O) groups excluding carboxylic acids is 3. The number of ether oxygens (including phenoxy) is 2. The Bertz CT molecular complexity index is 1450. The summed E-state index contributed by atoms with van der Waals surface area (Å²) in [6, 6.07) is 12.1. The molecule has 0 aromatic heterocycles. The lowest BCUT2D eigenvalue weighted by atomic mass is 9.64. The molecule has 0 saturated carbocycles. The van der Waals surface area contributed by atoms with Crippen molar-refractivity contribution in [3.8, 4) is 5.75 Å². The van der Waals surface area contributed by atoms with Gasteiger partial charge < -0.3 is 29.3 Å². The number of aliphatic hydroxyl groups is 1. The van der Waals surface area contributed by atoms with E-state index in [0.717, 1.165) is 16.8 Å². The number of likely N-dealkylation sites (tertiary alicyclic amines) is 1. The third-order valence-electron chi connectivity index (χ3n) is 9.85. The van der Waals surface area contributed by atoms with Crippen LogP contribution in [-0.4, -0.2) is 77.8 Å². The van der Waals surface area contributed by atoms with E-state index in [0.29, 0.717) is 37.3 Å². The van der Waals surface area contributed by atoms with Gasteiger partial charge in [0.15, 0.2) is 0 Å². The number of para-hydroxylation sites is 1. The Kier molecular flexibility index (Phi) is 9.23. The van der Waals surface area contributed by atoms with E-state index in [1.54, 1.807) is 22.0 Å². The van der Waals surface area contributed by atoms with Crippen molar-refractivity contribution in [2.24, 2.45) is 11.8 Å². The molecule has 3 heterocycles. The molecule has 0 radical (unpaired) electrons. The van der Waals surface area contributed by atoms with Crippen molar-refractivity contribution in [1.82, 2.24) is 4.90 Å². The SMILES string of the molecule is C=CCN(C(=O)[C@@H]1[C@H]2C(=O)N(CCO)C(C(=O)N(CC=C)c3c(C)cccc3C)C23CC[C@@]1(CC)O3)c1ccc(OCC)cc1. The minimum atomic E-state index is -1.21. The summed E-state index contributed by atoms with van der Waals surface area (Å²) in [5.74, 6) is -1.87. The number of amides is 3. The number of anilines is 2. The summed E-state index contributed by atoms with van der Waals surface area (Å²) in [6.07, 6.45) is 4.83. The smallest absolute Gasteiger partial charge is 0.253 e. The van der Waals surface area contributed by atoms with E-state index in [-0.39, 0.29) is 44.0 Å². The number of aryl methyl sites for hydroxylation is 2. The van der Waals surface area contributed by atoms with Crippen molar-refractivity contribution in [3.05, 3.63) is 78.9 Å². The van der Waals surface area contributed by atoms with Crippen molar-refractivity contribution < 1.29 is 29.0 Å². The highest BCUT2D eigenvalue weighted by molar-refractivity contribution is 6.07. The van der Waals surface area contributed by atoms with Gasteiger partial charge in [-0.2, -0.15) is 0 Å². The normalized spacial score (nSPS) is 26.5. The van der Waals surface area contributed by atoms with Crippen LogP contribution in [0.4, 0.5) is 11.4 Å². The van der Waals surface area contributed by atoms with Gasteiger partial charge in [-0.3, -0.25) is 14.4 Å². The van der Waals surface area contributed by atoms with Gasteiger partial charge in [0.05, 0.1) is 30.7 Å². The Morgan fingerprint density at radius 3 is 2.24 bits per heavy atom. The van der Waals surface area contributed by atoms with Gasteiger partial charge in [0.2, 0.25) is 11.8 Å². The molecule has 3 fully saturated rings. The number of rotatable bonds is 13. The molecule has 45 heavy (non-hydrogen) atoms. The molecule has 2 bridgehead atoms. The van der Waals surface area contributed by atoms with Gasteiger partial charge in [-0.15, -0.1) is 13.2 Å². The first-order valence-electron chi connectivity index (χ1n) is 15.9. The number of carbonyl (C=O) groups is 3. The predicted molar refractivity (Wildman–Crippen MR) is 174 cm³/mol.